The molecule has 1 N–H and O–H groups in total. The average Bonchev–Trinajstić information content (AvgIpc) is 3.59. The van der Waals surface area contributed by atoms with Crippen LogP contribution in [-0.4, -0.2) is 65.6 Å². The van der Waals surface area contributed by atoms with Crippen LogP contribution in [0.4, 0.5) is 5.95 Å². The third-order valence-corrected chi connectivity index (χ3v) is 5.04. The highest BCUT2D eigenvalue weighted by atomic mass is 16.5. The van der Waals surface area contributed by atoms with Gasteiger partial charge in [-0.1, -0.05) is 0 Å². The summed E-state index contributed by atoms with van der Waals surface area (Å²) in [5, 5.41) is 3.46. The summed E-state index contributed by atoms with van der Waals surface area (Å²) in [4.78, 5) is 21.9. The monoisotopic (exact) mass is 381 g/mol. The second-order valence-electron chi connectivity index (χ2n) is 7.18. The van der Waals surface area contributed by atoms with Gasteiger partial charge in [-0.25, -0.2) is 15.0 Å². The highest BCUT2D eigenvalue weighted by Gasteiger charge is 2.22. The summed E-state index contributed by atoms with van der Waals surface area (Å²) >= 11 is 0. The lowest BCUT2D eigenvalue weighted by molar-refractivity contribution is 0.288. The van der Waals surface area contributed by atoms with Crippen molar-refractivity contribution in [1.29, 1.82) is 0 Å². The fourth-order valence-corrected chi connectivity index (χ4v) is 3.21. The van der Waals surface area contributed by atoms with Crippen molar-refractivity contribution in [3.8, 4) is 5.88 Å². The molecule has 148 valence electrons. The van der Waals surface area contributed by atoms with Crippen molar-refractivity contribution in [1.82, 2.24) is 25.2 Å². The summed E-state index contributed by atoms with van der Waals surface area (Å²) in [6.07, 6.45) is 7.93. The molecule has 0 radical (unpaired) electrons. The van der Waals surface area contributed by atoms with Crippen LogP contribution in [0.3, 0.4) is 0 Å². The summed E-state index contributed by atoms with van der Waals surface area (Å²) in [7, 11) is 1.83. The molecule has 28 heavy (non-hydrogen) atoms. The third kappa shape index (κ3) is 4.88. The molecule has 0 amide bonds. The Balaban J connectivity index is 1.27. The van der Waals surface area contributed by atoms with Crippen LogP contribution < -0.4 is 15.0 Å². The first-order chi connectivity index (χ1) is 13.8. The number of hydrogen-bond acceptors (Lipinski definition) is 6. The third-order valence-electron chi connectivity index (χ3n) is 5.04. The van der Waals surface area contributed by atoms with E-state index in [4.69, 9.17) is 4.74 Å². The summed E-state index contributed by atoms with van der Waals surface area (Å²) in [5.41, 5.74) is 1.14. The lowest BCUT2D eigenvalue weighted by atomic mass is 10.2. The molecule has 1 saturated heterocycles. The summed E-state index contributed by atoms with van der Waals surface area (Å²) in [6, 6.07) is 5.86. The van der Waals surface area contributed by atoms with Gasteiger partial charge in [-0.05, 0) is 36.5 Å². The molecular weight excluding hydrogens is 354 g/mol. The van der Waals surface area contributed by atoms with E-state index >= 15 is 0 Å². The number of nitrogens with zero attached hydrogens (tertiary/aromatic N) is 6. The predicted octanol–water partition coefficient (Wildman–Crippen LogP) is 1.56. The lowest BCUT2D eigenvalue weighted by Crippen LogP contribution is -2.52. The molecule has 2 aromatic rings. The van der Waals surface area contributed by atoms with Crippen molar-refractivity contribution in [3.63, 3.8) is 0 Å². The van der Waals surface area contributed by atoms with Gasteiger partial charge in [0.15, 0.2) is 5.96 Å². The van der Waals surface area contributed by atoms with Gasteiger partial charge in [0.2, 0.25) is 11.8 Å². The van der Waals surface area contributed by atoms with Gasteiger partial charge in [0.25, 0.3) is 0 Å². The van der Waals surface area contributed by atoms with E-state index in [-0.39, 0.29) is 0 Å². The Hall–Kier alpha value is -2.90. The zero-order chi connectivity index (χ0) is 19.2. The maximum Gasteiger partial charge on any atom is 0.225 e. The molecule has 0 unspecified atom stereocenters. The number of pyridine rings is 1. The lowest BCUT2D eigenvalue weighted by Gasteiger charge is -2.36. The van der Waals surface area contributed by atoms with E-state index in [2.05, 4.69) is 35.1 Å². The summed E-state index contributed by atoms with van der Waals surface area (Å²) < 4.78 is 5.78. The number of nitrogens with one attached hydrogen (secondary N) is 1. The maximum absolute atomic E-state index is 5.78. The standard InChI is InChI=1S/C20H27N7O/c1-21-19(26-9-11-27(12-10-26)20-23-6-2-7-24-20)25-14-17-5-8-22-18(13-17)28-15-16-3-4-16/h2,5-8,13,16H,3-4,9-12,14-15H2,1H3,(H,21,25). The second kappa shape index (κ2) is 8.86. The molecule has 1 aliphatic heterocycles. The number of anilines is 1. The van der Waals surface area contributed by atoms with Crippen LogP contribution in [0.1, 0.15) is 18.4 Å². The van der Waals surface area contributed by atoms with E-state index in [0.717, 1.165) is 56.2 Å². The van der Waals surface area contributed by atoms with Crippen LogP contribution in [0, 0.1) is 5.92 Å². The molecule has 8 nitrogen and oxygen atoms in total. The van der Waals surface area contributed by atoms with Gasteiger partial charge in [0, 0.05) is 64.4 Å². The Morgan fingerprint density at radius 2 is 1.93 bits per heavy atom. The van der Waals surface area contributed by atoms with E-state index < -0.39 is 0 Å². The highest BCUT2D eigenvalue weighted by Crippen LogP contribution is 2.29. The number of hydrogen-bond donors (Lipinski definition) is 1. The number of rotatable bonds is 6. The van der Waals surface area contributed by atoms with Crippen molar-refractivity contribution in [2.45, 2.75) is 19.4 Å². The van der Waals surface area contributed by atoms with Gasteiger partial charge in [-0.15, -0.1) is 0 Å². The number of guanidine groups is 1. The van der Waals surface area contributed by atoms with E-state index in [1.807, 2.05) is 25.2 Å². The quantitative estimate of drug-likeness (QED) is 0.601. The molecule has 0 spiro atoms. The highest BCUT2D eigenvalue weighted by molar-refractivity contribution is 5.80. The summed E-state index contributed by atoms with van der Waals surface area (Å²) in [6.45, 7) is 4.98. The fraction of sp³-hybridized carbons (Fsp3) is 0.500. The van der Waals surface area contributed by atoms with E-state index in [1.165, 1.54) is 12.8 Å². The van der Waals surface area contributed by atoms with Crippen molar-refractivity contribution in [2.75, 3.05) is 44.7 Å². The van der Waals surface area contributed by atoms with E-state index in [1.54, 1.807) is 18.6 Å². The average molecular weight is 381 g/mol. The minimum absolute atomic E-state index is 0.691. The smallest absolute Gasteiger partial charge is 0.225 e. The minimum atomic E-state index is 0.691. The molecular formula is C20H27N7O. The number of ether oxygens (including phenoxy) is 1. The van der Waals surface area contributed by atoms with E-state index in [0.29, 0.717) is 12.4 Å². The zero-order valence-electron chi connectivity index (χ0n) is 16.3. The van der Waals surface area contributed by atoms with Crippen LogP contribution >= 0.6 is 0 Å². The molecule has 1 aliphatic carbocycles. The molecule has 8 heteroatoms. The first-order valence-corrected chi connectivity index (χ1v) is 9.87. The molecule has 0 bridgehead atoms. The Morgan fingerprint density at radius 3 is 2.64 bits per heavy atom. The first kappa shape index (κ1) is 18.5. The maximum atomic E-state index is 5.78. The Morgan fingerprint density at radius 1 is 1.14 bits per heavy atom. The van der Waals surface area contributed by atoms with Gasteiger partial charge in [-0.3, -0.25) is 4.99 Å². The topological polar surface area (TPSA) is 78.8 Å². The number of piperazine rings is 1. The molecule has 2 aromatic heterocycles. The molecule has 2 fully saturated rings. The SMILES string of the molecule is CN=C(NCc1ccnc(OCC2CC2)c1)N1CCN(c2ncccn2)CC1. The van der Waals surface area contributed by atoms with E-state index in [9.17, 15) is 0 Å². The molecule has 4 rings (SSSR count). The van der Waals surface area contributed by atoms with Gasteiger partial charge in [0.05, 0.1) is 6.61 Å². The van der Waals surface area contributed by atoms with Crippen LogP contribution in [-0.2, 0) is 6.54 Å². The van der Waals surface area contributed by atoms with Crippen molar-refractivity contribution >= 4 is 11.9 Å². The van der Waals surface area contributed by atoms with Crippen LogP contribution in [0.5, 0.6) is 5.88 Å². The van der Waals surface area contributed by atoms with Crippen LogP contribution in [0.15, 0.2) is 41.8 Å². The Kier molecular flexibility index (Phi) is 5.84. The zero-order valence-corrected chi connectivity index (χ0v) is 16.3. The predicted molar refractivity (Wildman–Crippen MR) is 108 cm³/mol. The molecule has 1 saturated carbocycles. The number of aliphatic imine (C=N–C) groups is 1. The van der Waals surface area contributed by atoms with Crippen molar-refractivity contribution in [3.05, 3.63) is 42.4 Å². The Labute approximate surface area is 165 Å². The largest absolute Gasteiger partial charge is 0.477 e. The number of aromatic nitrogens is 3. The van der Waals surface area contributed by atoms with Gasteiger partial charge < -0.3 is 19.9 Å². The van der Waals surface area contributed by atoms with Gasteiger partial charge >= 0.3 is 0 Å². The second-order valence-corrected chi connectivity index (χ2v) is 7.18. The molecule has 2 aliphatic rings. The van der Waals surface area contributed by atoms with Crippen molar-refractivity contribution < 1.29 is 4.74 Å². The molecule has 0 atom stereocenters. The normalized spacial score (nSPS) is 17.5. The Bertz CT molecular complexity index is 786. The van der Waals surface area contributed by atoms with Crippen molar-refractivity contribution in [2.24, 2.45) is 10.9 Å². The van der Waals surface area contributed by atoms with Gasteiger partial charge in [-0.2, -0.15) is 0 Å². The summed E-state index contributed by atoms with van der Waals surface area (Å²) in [5.74, 6) is 3.13. The fourth-order valence-electron chi connectivity index (χ4n) is 3.21. The first-order valence-electron chi connectivity index (χ1n) is 9.87. The molecule has 3 heterocycles. The molecule has 0 aromatic carbocycles. The van der Waals surface area contributed by atoms with Crippen LogP contribution in [0.2, 0.25) is 0 Å². The van der Waals surface area contributed by atoms with Crippen LogP contribution in [0.25, 0.3) is 0 Å². The van der Waals surface area contributed by atoms with Gasteiger partial charge in [0.1, 0.15) is 0 Å². The minimum Gasteiger partial charge on any atom is -0.477 e.